The van der Waals surface area contributed by atoms with Crippen molar-refractivity contribution in [1.29, 1.82) is 0 Å². The molecule has 1 aromatic rings. The van der Waals surface area contributed by atoms with Crippen molar-refractivity contribution in [2.75, 3.05) is 13.1 Å². The van der Waals surface area contributed by atoms with Gasteiger partial charge in [0.2, 0.25) is 5.91 Å². The number of aliphatic hydroxyl groups excluding tert-OH is 1. The van der Waals surface area contributed by atoms with E-state index in [9.17, 15) is 9.90 Å². The van der Waals surface area contributed by atoms with E-state index in [0.717, 1.165) is 36.1 Å². The number of nitrogens with zero attached hydrogens (tertiary/aromatic N) is 1. The van der Waals surface area contributed by atoms with Gasteiger partial charge in [0.1, 0.15) is 0 Å². The quantitative estimate of drug-likeness (QED) is 0.926. The van der Waals surface area contributed by atoms with Crippen LogP contribution in [0.25, 0.3) is 0 Å². The molecular weight excluding hydrogens is 262 g/mol. The highest BCUT2D eigenvalue weighted by molar-refractivity contribution is 5.76. The fraction of sp³-hybridized carbons (Fsp3) is 0.611. The summed E-state index contributed by atoms with van der Waals surface area (Å²) < 4.78 is 0. The second kappa shape index (κ2) is 6.18. The average Bonchev–Trinajstić information content (AvgIpc) is 2.54. The molecule has 1 unspecified atom stereocenters. The van der Waals surface area contributed by atoms with Gasteiger partial charge in [-0.3, -0.25) is 4.79 Å². The molecule has 3 nitrogen and oxygen atoms in total. The molecule has 0 aliphatic carbocycles. The SMILES string of the molecule is Cc1ccc(C)c(C(O)CN2CCC(C)(C)CCC2=O)c1. The van der Waals surface area contributed by atoms with Crippen molar-refractivity contribution in [2.24, 2.45) is 5.41 Å². The minimum Gasteiger partial charge on any atom is -0.387 e. The molecule has 1 aromatic carbocycles. The van der Waals surface area contributed by atoms with Crippen molar-refractivity contribution in [3.05, 3.63) is 34.9 Å². The lowest BCUT2D eigenvalue weighted by atomic mass is 9.85. The summed E-state index contributed by atoms with van der Waals surface area (Å²) in [6.45, 7) is 9.60. The lowest BCUT2D eigenvalue weighted by molar-refractivity contribution is -0.132. The van der Waals surface area contributed by atoms with Gasteiger partial charge in [-0.1, -0.05) is 37.6 Å². The molecule has 116 valence electrons. The minimum atomic E-state index is -0.602. The highest BCUT2D eigenvalue weighted by Crippen LogP contribution is 2.31. The van der Waals surface area contributed by atoms with Gasteiger partial charge in [-0.15, -0.1) is 0 Å². The van der Waals surface area contributed by atoms with E-state index in [2.05, 4.69) is 13.8 Å². The molecule has 3 heteroatoms. The second-order valence-corrected chi connectivity index (χ2v) is 7.13. The molecule has 21 heavy (non-hydrogen) atoms. The first-order valence-electron chi connectivity index (χ1n) is 7.81. The van der Waals surface area contributed by atoms with E-state index < -0.39 is 6.10 Å². The van der Waals surface area contributed by atoms with Crippen LogP contribution in [0.2, 0.25) is 0 Å². The lowest BCUT2D eigenvalue weighted by Crippen LogP contribution is -2.34. The van der Waals surface area contributed by atoms with Gasteiger partial charge in [-0.2, -0.15) is 0 Å². The number of carbonyl (C=O) groups excluding carboxylic acids is 1. The highest BCUT2D eigenvalue weighted by Gasteiger charge is 2.28. The van der Waals surface area contributed by atoms with Crippen LogP contribution in [-0.2, 0) is 4.79 Å². The van der Waals surface area contributed by atoms with Crippen molar-refractivity contribution in [3.8, 4) is 0 Å². The number of carbonyl (C=O) groups is 1. The molecule has 2 rings (SSSR count). The van der Waals surface area contributed by atoms with E-state index in [4.69, 9.17) is 0 Å². The Balaban J connectivity index is 2.09. The zero-order chi connectivity index (χ0) is 15.6. The summed E-state index contributed by atoms with van der Waals surface area (Å²) >= 11 is 0. The van der Waals surface area contributed by atoms with E-state index in [1.165, 1.54) is 0 Å². The van der Waals surface area contributed by atoms with Gasteiger partial charge in [0.05, 0.1) is 12.6 Å². The van der Waals surface area contributed by atoms with Crippen LogP contribution < -0.4 is 0 Å². The van der Waals surface area contributed by atoms with Crippen LogP contribution in [0.3, 0.4) is 0 Å². The molecule has 0 bridgehead atoms. The number of hydrogen-bond acceptors (Lipinski definition) is 2. The van der Waals surface area contributed by atoms with Crippen LogP contribution >= 0.6 is 0 Å². The normalized spacial score (nSPS) is 20.2. The molecule has 0 spiro atoms. The number of hydrogen-bond donors (Lipinski definition) is 1. The number of benzene rings is 1. The van der Waals surface area contributed by atoms with Crippen molar-refractivity contribution >= 4 is 5.91 Å². The molecule has 1 heterocycles. The molecule has 1 N–H and O–H groups in total. The largest absolute Gasteiger partial charge is 0.387 e. The third kappa shape index (κ3) is 4.07. The van der Waals surface area contributed by atoms with Gasteiger partial charge >= 0.3 is 0 Å². The maximum Gasteiger partial charge on any atom is 0.222 e. The summed E-state index contributed by atoms with van der Waals surface area (Å²) in [4.78, 5) is 14.1. The molecule has 1 amide bonds. The summed E-state index contributed by atoms with van der Waals surface area (Å²) in [5.74, 6) is 0.171. The van der Waals surface area contributed by atoms with Crippen molar-refractivity contribution in [1.82, 2.24) is 4.90 Å². The number of β-amino-alcohol motifs (C(OH)–C–C–N with tert-alkyl or cyclic N) is 1. The molecule has 0 saturated carbocycles. The van der Waals surface area contributed by atoms with Gasteiger partial charge < -0.3 is 10.0 Å². The predicted molar refractivity (Wildman–Crippen MR) is 85.1 cm³/mol. The van der Waals surface area contributed by atoms with E-state index in [0.29, 0.717) is 13.0 Å². The Bertz CT molecular complexity index is 522. The maximum absolute atomic E-state index is 12.2. The van der Waals surface area contributed by atoms with E-state index in [-0.39, 0.29) is 11.3 Å². The van der Waals surface area contributed by atoms with Crippen LogP contribution in [0.5, 0.6) is 0 Å². The van der Waals surface area contributed by atoms with E-state index in [1.54, 1.807) is 0 Å². The standard InChI is InChI=1S/C18H27NO2/c1-13-5-6-14(2)15(11-13)16(20)12-19-10-9-18(3,4)8-7-17(19)21/h5-6,11,16,20H,7-10,12H2,1-4H3. The van der Waals surface area contributed by atoms with Crippen LogP contribution in [0.15, 0.2) is 18.2 Å². The predicted octanol–water partition coefficient (Wildman–Crippen LogP) is 3.38. The Morgan fingerprint density at radius 3 is 2.71 bits per heavy atom. The van der Waals surface area contributed by atoms with Crippen molar-refractivity contribution in [2.45, 2.75) is 53.1 Å². The zero-order valence-electron chi connectivity index (χ0n) is 13.6. The fourth-order valence-electron chi connectivity index (χ4n) is 2.91. The molecule has 1 saturated heterocycles. The van der Waals surface area contributed by atoms with Gasteiger partial charge in [0.15, 0.2) is 0 Å². The van der Waals surface area contributed by atoms with Gasteiger partial charge in [-0.25, -0.2) is 0 Å². The summed E-state index contributed by atoms with van der Waals surface area (Å²) in [5.41, 5.74) is 3.37. The van der Waals surface area contributed by atoms with Crippen LogP contribution in [0, 0.1) is 19.3 Å². The van der Waals surface area contributed by atoms with Gasteiger partial charge in [-0.05, 0) is 43.2 Å². The molecule has 1 atom stereocenters. The molecule has 0 radical (unpaired) electrons. The Morgan fingerprint density at radius 2 is 2.00 bits per heavy atom. The smallest absolute Gasteiger partial charge is 0.222 e. The van der Waals surface area contributed by atoms with Crippen LogP contribution in [-0.4, -0.2) is 29.0 Å². The molecule has 0 aromatic heterocycles. The first-order valence-corrected chi connectivity index (χ1v) is 7.81. The number of likely N-dealkylation sites (tertiary alicyclic amines) is 1. The second-order valence-electron chi connectivity index (χ2n) is 7.13. The Labute approximate surface area is 128 Å². The lowest BCUT2D eigenvalue weighted by Gasteiger charge is -2.26. The number of amides is 1. The minimum absolute atomic E-state index is 0.171. The Morgan fingerprint density at radius 1 is 1.29 bits per heavy atom. The number of aryl methyl sites for hydroxylation is 2. The summed E-state index contributed by atoms with van der Waals surface area (Å²) in [6.07, 6.45) is 1.92. The van der Waals surface area contributed by atoms with Gasteiger partial charge in [0.25, 0.3) is 0 Å². The topological polar surface area (TPSA) is 40.5 Å². The Kier molecular flexibility index (Phi) is 4.72. The highest BCUT2D eigenvalue weighted by atomic mass is 16.3. The summed E-state index contributed by atoms with van der Waals surface area (Å²) in [5, 5.41) is 10.5. The first-order chi connectivity index (χ1) is 9.78. The summed E-state index contributed by atoms with van der Waals surface area (Å²) in [7, 11) is 0. The molecule has 1 fully saturated rings. The summed E-state index contributed by atoms with van der Waals surface area (Å²) in [6, 6.07) is 6.10. The molecule has 1 aliphatic heterocycles. The van der Waals surface area contributed by atoms with E-state index in [1.807, 2.05) is 36.9 Å². The maximum atomic E-state index is 12.2. The van der Waals surface area contributed by atoms with Gasteiger partial charge in [0, 0.05) is 13.0 Å². The van der Waals surface area contributed by atoms with E-state index >= 15 is 0 Å². The van der Waals surface area contributed by atoms with Crippen LogP contribution in [0.1, 0.15) is 55.9 Å². The van der Waals surface area contributed by atoms with Crippen molar-refractivity contribution < 1.29 is 9.90 Å². The Hall–Kier alpha value is -1.35. The molecule has 1 aliphatic rings. The molecular formula is C18H27NO2. The zero-order valence-corrected chi connectivity index (χ0v) is 13.6. The number of aliphatic hydroxyl groups is 1. The fourth-order valence-corrected chi connectivity index (χ4v) is 2.91. The average molecular weight is 289 g/mol. The van der Waals surface area contributed by atoms with Crippen molar-refractivity contribution in [3.63, 3.8) is 0 Å². The third-order valence-electron chi connectivity index (χ3n) is 4.61. The third-order valence-corrected chi connectivity index (χ3v) is 4.61. The first kappa shape index (κ1) is 16.0. The monoisotopic (exact) mass is 289 g/mol. The van der Waals surface area contributed by atoms with Crippen LogP contribution in [0.4, 0.5) is 0 Å². The number of rotatable bonds is 3.